The molecule has 0 aliphatic carbocycles. The molecular weight excluding hydrogens is 422 g/mol. The lowest BCUT2D eigenvalue weighted by atomic mass is 10.2. The zero-order valence-electron chi connectivity index (χ0n) is 14.3. The molecule has 0 spiro atoms. The molecule has 0 aromatic heterocycles. The third-order valence-electron chi connectivity index (χ3n) is 3.97. The number of piperazine rings is 1. The van der Waals surface area contributed by atoms with Gasteiger partial charge in [0.05, 0.1) is 0 Å². The van der Waals surface area contributed by atoms with E-state index < -0.39 is 0 Å². The van der Waals surface area contributed by atoms with Gasteiger partial charge in [-0.3, -0.25) is 4.99 Å². The summed E-state index contributed by atoms with van der Waals surface area (Å²) in [7, 11) is 0. The van der Waals surface area contributed by atoms with Crippen molar-refractivity contribution in [2.75, 3.05) is 50.8 Å². The van der Waals surface area contributed by atoms with Gasteiger partial charge in [0, 0.05) is 51.6 Å². The standard InChI is InChI=1S/C17H27FN4O.HI/c1-2-23-14-4-3-9-20-17(19)22-12-10-21(11-13-22)16-7-5-15(18)6-8-16;/h5-8H,2-4,9-14H2,1H3,(H2,19,20);1H. The largest absolute Gasteiger partial charge is 0.382 e. The maximum atomic E-state index is 13.0. The zero-order valence-corrected chi connectivity index (χ0v) is 16.6. The average molecular weight is 450 g/mol. The first kappa shape index (κ1) is 21.0. The highest BCUT2D eigenvalue weighted by Gasteiger charge is 2.18. The summed E-state index contributed by atoms with van der Waals surface area (Å²) in [4.78, 5) is 8.81. The Morgan fingerprint density at radius 3 is 2.46 bits per heavy atom. The minimum Gasteiger partial charge on any atom is -0.382 e. The van der Waals surface area contributed by atoms with Gasteiger partial charge in [-0.25, -0.2) is 4.39 Å². The molecule has 7 heteroatoms. The summed E-state index contributed by atoms with van der Waals surface area (Å²) in [5.74, 6) is 0.424. The lowest BCUT2D eigenvalue weighted by Crippen LogP contribution is -2.51. The summed E-state index contributed by atoms with van der Waals surface area (Å²) in [5.41, 5.74) is 7.12. The van der Waals surface area contributed by atoms with E-state index in [1.165, 1.54) is 12.1 Å². The monoisotopic (exact) mass is 450 g/mol. The Kier molecular flexibility index (Phi) is 10.0. The third-order valence-corrected chi connectivity index (χ3v) is 3.97. The first-order valence-electron chi connectivity index (χ1n) is 8.34. The second-order valence-corrected chi connectivity index (χ2v) is 5.59. The minimum absolute atomic E-state index is 0. The van der Waals surface area contributed by atoms with Gasteiger partial charge >= 0.3 is 0 Å². The van der Waals surface area contributed by atoms with Gasteiger partial charge in [-0.05, 0) is 44.0 Å². The molecule has 0 bridgehead atoms. The maximum Gasteiger partial charge on any atom is 0.191 e. The number of aliphatic imine (C=N–C) groups is 1. The number of halogens is 2. The molecule has 136 valence electrons. The van der Waals surface area contributed by atoms with E-state index in [4.69, 9.17) is 10.5 Å². The number of ether oxygens (including phenoxy) is 1. The fourth-order valence-electron chi connectivity index (χ4n) is 2.60. The van der Waals surface area contributed by atoms with E-state index >= 15 is 0 Å². The molecule has 1 aromatic carbocycles. The van der Waals surface area contributed by atoms with Gasteiger partial charge < -0.3 is 20.3 Å². The van der Waals surface area contributed by atoms with Gasteiger partial charge in [-0.1, -0.05) is 0 Å². The van der Waals surface area contributed by atoms with Crippen LogP contribution in [0.1, 0.15) is 19.8 Å². The molecule has 1 fully saturated rings. The van der Waals surface area contributed by atoms with Crippen molar-refractivity contribution in [1.82, 2.24) is 4.90 Å². The molecule has 1 heterocycles. The van der Waals surface area contributed by atoms with Gasteiger partial charge in [0.15, 0.2) is 5.96 Å². The van der Waals surface area contributed by atoms with Crippen LogP contribution < -0.4 is 10.6 Å². The van der Waals surface area contributed by atoms with Gasteiger partial charge in [-0.2, -0.15) is 0 Å². The third kappa shape index (κ3) is 6.80. The van der Waals surface area contributed by atoms with E-state index in [-0.39, 0.29) is 29.8 Å². The quantitative estimate of drug-likeness (QED) is 0.301. The normalized spacial score (nSPS) is 15.3. The molecule has 24 heavy (non-hydrogen) atoms. The van der Waals surface area contributed by atoms with Gasteiger partial charge in [0.25, 0.3) is 0 Å². The van der Waals surface area contributed by atoms with Crippen molar-refractivity contribution in [2.45, 2.75) is 19.8 Å². The number of nitrogens with zero attached hydrogens (tertiary/aromatic N) is 3. The molecule has 0 amide bonds. The summed E-state index contributed by atoms with van der Waals surface area (Å²) < 4.78 is 18.3. The summed E-state index contributed by atoms with van der Waals surface area (Å²) >= 11 is 0. The van der Waals surface area contributed by atoms with Gasteiger partial charge in [-0.15, -0.1) is 24.0 Å². The Morgan fingerprint density at radius 1 is 1.17 bits per heavy atom. The molecule has 0 atom stereocenters. The highest BCUT2D eigenvalue weighted by Crippen LogP contribution is 2.16. The number of rotatable bonds is 7. The summed E-state index contributed by atoms with van der Waals surface area (Å²) in [5, 5.41) is 0. The highest BCUT2D eigenvalue weighted by molar-refractivity contribution is 14.0. The first-order valence-corrected chi connectivity index (χ1v) is 8.34. The van der Waals surface area contributed by atoms with Gasteiger partial charge in [0.1, 0.15) is 5.82 Å². The second kappa shape index (κ2) is 11.5. The number of hydrogen-bond acceptors (Lipinski definition) is 3. The Bertz CT molecular complexity index is 490. The highest BCUT2D eigenvalue weighted by atomic mass is 127. The summed E-state index contributed by atoms with van der Waals surface area (Å²) in [6, 6.07) is 6.64. The molecule has 1 aliphatic heterocycles. The maximum absolute atomic E-state index is 13.0. The Balaban J connectivity index is 0.00000288. The minimum atomic E-state index is -0.201. The lowest BCUT2D eigenvalue weighted by Gasteiger charge is -2.36. The predicted molar refractivity (Wildman–Crippen MR) is 108 cm³/mol. The predicted octanol–water partition coefficient (Wildman–Crippen LogP) is 2.70. The van der Waals surface area contributed by atoms with Crippen LogP contribution in [-0.4, -0.2) is 56.8 Å². The van der Waals surface area contributed by atoms with Crippen LogP contribution >= 0.6 is 24.0 Å². The zero-order chi connectivity index (χ0) is 16.5. The number of anilines is 1. The molecule has 2 rings (SSSR count). The van der Waals surface area contributed by atoms with Crippen LogP contribution in [0.15, 0.2) is 29.3 Å². The van der Waals surface area contributed by atoms with Crippen LogP contribution in [0.3, 0.4) is 0 Å². The SMILES string of the molecule is CCOCCCCN=C(N)N1CCN(c2ccc(F)cc2)CC1.I. The molecule has 1 saturated heterocycles. The molecular formula is C17H28FIN4O. The number of benzene rings is 1. The van der Waals surface area contributed by atoms with E-state index in [9.17, 15) is 4.39 Å². The van der Waals surface area contributed by atoms with E-state index in [2.05, 4.69) is 14.8 Å². The topological polar surface area (TPSA) is 54.1 Å². The molecule has 1 aromatic rings. The Hall–Kier alpha value is -1.09. The van der Waals surface area contributed by atoms with Crippen molar-refractivity contribution in [2.24, 2.45) is 10.7 Å². The van der Waals surface area contributed by atoms with Gasteiger partial charge in [0.2, 0.25) is 0 Å². The van der Waals surface area contributed by atoms with E-state index in [0.29, 0.717) is 5.96 Å². The van der Waals surface area contributed by atoms with Crippen molar-refractivity contribution in [3.8, 4) is 0 Å². The summed E-state index contributed by atoms with van der Waals surface area (Å²) in [6.07, 6.45) is 2.01. The van der Waals surface area contributed by atoms with E-state index in [1.54, 1.807) is 0 Å². The molecule has 0 radical (unpaired) electrons. The average Bonchev–Trinajstić information content (AvgIpc) is 2.58. The van der Waals surface area contributed by atoms with Crippen LogP contribution in [0.2, 0.25) is 0 Å². The van der Waals surface area contributed by atoms with Crippen LogP contribution in [0, 0.1) is 5.82 Å². The Labute approximate surface area is 161 Å². The van der Waals surface area contributed by atoms with Crippen molar-refractivity contribution in [3.63, 3.8) is 0 Å². The molecule has 0 unspecified atom stereocenters. The van der Waals surface area contributed by atoms with Crippen molar-refractivity contribution >= 4 is 35.6 Å². The number of unbranched alkanes of at least 4 members (excludes halogenated alkanes) is 1. The number of hydrogen-bond donors (Lipinski definition) is 1. The molecule has 0 saturated carbocycles. The lowest BCUT2D eigenvalue weighted by molar-refractivity contribution is 0.144. The fourth-order valence-corrected chi connectivity index (χ4v) is 2.60. The van der Waals surface area contributed by atoms with Crippen molar-refractivity contribution in [1.29, 1.82) is 0 Å². The van der Waals surface area contributed by atoms with Crippen LogP contribution in [0.5, 0.6) is 0 Å². The smallest absolute Gasteiger partial charge is 0.191 e. The van der Waals surface area contributed by atoms with Crippen LogP contribution in [0.4, 0.5) is 10.1 Å². The van der Waals surface area contributed by atoms with E-state index in [0.717, 1.165) is 64.5 Å². The number of nitrogens with two attached hydrogens (primary N) is 1. The fraction of sp³-hybridized carbons (Fsp3) is 0.588. The second-order valence-electron chi connectivity index (χ2n) is 5.59. The first-order chi connectivity index (χ1) is 11.2. The van der Waals surface area contributed by atoms with Crippen molar-refractivity contribution < 1.29 is 9.13 Å². The molecule has 5 nitrogen and oxygen atoms in total. The molecule has 1 aliphatic rings. The van der Waals surface area contributed by atoms with E-state index in [1.807, 2.05) is 19.1 Å². The van der Waals surface area contributed by atoms with Crippen molar-refractivity contribution in [3.05, 3.63) is 30.1 Å². The summed E-state index contributed by atoms with van der Waals surface area (Å²) in [6.45, 7) is 7.72. The molecule has 2 N–H and O–H groups in total. The van der Waals surface area contributed by atoms with Crippen LogP contribution in [0.25, 0.3) is 0 Å². The Morgan fingerprint density at radius 2 is 1.83 bits per heavy atom. The number of guanidine groups is 1. The van der Waals surface area contributed by atoms with Crippen LogP contribution in [-0.2, 0) is 4.74 Å².